The molecule has 1 aromatic heterocycles. The van der Waals surface area contributed by atoms with Gasteiger partial charge in [-0.25, -0.2) is 0 Å². The van der Waals surface area contributed by atoms with Crippen LogP contribution in [0.4, 0.5) is 0 Å². The van der Waals surface area contributed by atoms with E-state index >= 15 is 0 Å². The summed E-state index contributed by atoms with van der Waals surface area (Å²) in [5.74, 6) is 0. The Morgan fingerprint density at radius 1 is 1.29 bits per heavy atom. The summed E-state index contributed by atoms with van der Waals surface area (Å²) in [5, 5.41) is 3.65. The lowest BCUT2D eigenvalue weighted by Crippen LogP contribution is -2.44. The van der Waals surface area contributed by atoms with Gasteiger partial charge in [-0.2, -0.15) is 0 Å². The van der Waals surface area contributed by atoms with E-state index < -0.39 is 0 Å². The normalized spacial score (nSPS) is 25.4. The lowest BCUT2D eigenvalue weighted by atomic mass is 10.0. The van der Waals surface area contributed by atoms with Gasteiger partial charge in [-0.3, -0.25) is 4.90 Å². The molecule has 0 spiro atoms. The minimum absolute atomic E-state index is 0.705. The summed E-state index contributed by atoms with van der Waals surface area (Å²) in [6.45, 7) is 3.46. The first-order chi connectivity index (χ1) is 8.42. The van der Waals surface area contributed by atoms with Crippen LogP contribution in [-0.4, -0.2) is 30.1 Å². The zero-order valence-corrected chi connectivity index (χ0v) is 10.4. The highest BCUT2D eigenvalue weighted by atomic mass is 16.3. The van der Waals surface area contributed by atoms with Crippen molar-refractivity contribution in [2.75, 3.05) is 13.1 Å². The molecule has 0 radical (unpaired) electrons. The zero-order chi connectivity index (χ0) is 11.5. The summed E-state index contributed by atoms with van der Waals surface area (Å²) >= 11 is 0. The van der Waals surface area contributed by atoms with Gasteiger partial charge in [-0.1, -0.05) is 6.42 Å². The second-order valence-corrected chi connectivity index (χ2v) is 5.44. The molecule has 1 aromatic rings. The summed E-state index contributed by atoms with van der Waals surface area (Å²) in [4.78, 5) is 2.63. The SMILES string of the molecule is c1cc(CN(CC2CCCCN2)C2CC2)co1. The molecule has 1 saturated heterocycles. The summed E-state index contributed by atoms with van der Waals surface area (Å²) < 4.78 is 5.16. The van der Waals surface area contributed by atoms with Crippen LogP contribution in [0.1, 0.15) is 37.7 Å². The van der Waals surface area contributed by atoms with Gasteiger partial charge in [0.2, 0.25) is 0 Å². The second kappa shape index (κ2) is 5.23. The smallest absolute Gasteiger partial charge is 0.0947 e. The van der Waals surface area contributed by atoms with E-state index in [2.05, 4.69) is 16.3 Å². The molecular weight excluding hydrogens is 212 g/mol. The Labute approximate surface area is 103 Å². The molecule has 3 nitrogen and oxygen atoms in total. The Morgan fingerprint density at radius 2 is 2.24 bits per heavy atom. The van der Waals surface area contributed by atoms with Gasteiger partial charge in [0, 0.05) is 30.7 Å². The van der Waals surface area contributed by atoms with E-state index in [-0.39, 0.29) is 0 Å². The number of rotatable bonds is 5. The standard InChI is InChI=1S/C14H22N2O/c1-2-7-15-13(3-1)10-16(14-4-5-14)9-12-6-8-17-11-12/h6,8,11,13-15H,1-5,7,9-10H2. The highest BCUT2D eigenvalue weighted by Crippen LogP contribution is 2.29. The van der Waals surface area contributed by atoms with E-state index in [0.717, 1.165) is 12.6 Å². The number of nitrogens with zero attached hydrogens (tertiary/aromatic N) is 1. The van der Waals surface area contributed by atoms with Gasteiger partial charge in [0.1, 0.15) is 0 Å². The molecule has 1 atom stereocenters. The summed E-state index contributed by atoms with van der Waals surface area (Å²) in [5.41, 5.74) is 1.31. The van der Waals surface area contributed by atoms with Crippen molar-refractivity contribution in [2.24, 2.45) is 0 Å². The van der Waals surface area contributed by atoms with E-state index in [9.17, 15) is 0 Å². The first kappa shape index (κ1) is 11.3. The van der Waals surface area contributed by atoms with Crippen molar-refractivity contribution in [3.63, 3.8) is 0 Å². The van der Waals surface area contributed by atoms with Crippen LogP contribution in [0.3, 0.4) is 0 Å². The molecule has 3 rings (SSSR count). The van der Waals surface area contributed by atoms with Gasteiger partial charge in [-0.05, 0) is 38.3 Å². The molecule has 2 fully saturated rings. The van der Waals surface area contributed by atoms with Gasteiger partial charge >= 0.3 is 0 Å². The molecular formula is C14H22N2O. The molecule has 2 aliphatic rings. The summed E-state index contributed by atoms with van der Waals surface area (Å²) in [6, 6.07) is 3.62. The fourth-order valence-corrected chi connectivity index (χ4v) is 2.76. The van der Waals surface area contributed by atoms with Gasteiger partial charge < -0.3 is 9.73 Å². The van der Waals surface area contributed by atoms with Crippen LogP contribution in [0.2, 0.25) is 0 Å². The molecule has 94 valence electrons. The number of furan rings is 1. The third-order valence-corrected chi connectivity index (χ3v) is 3.90. The molecule has 0 bridgehead atoms. The first-order valence-corrected chi connectivity index (χ1v) is 6.90. The summed E-state index contributed by atoms with van der Waals surface area (Å²) in [7, 11) is 0. The monoisotopic (exact) mass is 234 g/mol. The Hall–Kier alpha value is -0.800. The van der Waals surface area contributed by atoms with Crippen molar-refractivity contribution < 1.29 is 4.42 Å². The molecule has 1 saturated carbocycles. The van der Waals surface area contributed by atoms with E-state index in [1.54, 1.807) is 6.26 Å². The molecule has 1 aliphatic heterocycles. The number of hydrogen-bond donors (Lipinski definition) is 1. The lowest BCUT2D eigenvalue weighted by Gasteiger charge is -2.30. The van der Waals surface area contributed by atoms with Crippen LogP contribution >= 0.6 is 0 Å². The van der Waals surface area contributed by atoms with E-state index in [1.807, 2.05) is 6.26 Å². The lowest BCUT2D eigenvalue weighted by molar-refractivity contribution is 0.208. The predicted molar refractivity (Wildman–Crippen MR) is 67.8 cm³/mol. The van der Waals surface area contributed by atoms with Crippen LogP contribution in [0.15, 0.2) is 23.0 Å². The van der Waals surface area contributed by atoms with Crippen LogP contribution in [0, 0.1) is 0 Å². The van der Waals surface area contributed by atoms with Crippen LogP contribution in [-0.2, 0) is 6.54 Å². The van der Waals surface area contributed by atoms with Gasteiger partial charge in [-0.15, -0.1) is 0 Å². The molecule has 1 N–H and O–H groups in total. The third kappa shape index (κ3) is 3.11. The fraction of sp³-hybridized carbons (Fsp3) is 0.714. The fourth-order valence-electron chi connectivity index (χ4n) is 2.76. The van der Waals surface area contributed by atoms with Crippen molar-refractivity contribution in [2.45, 2.75) is 50.7 Å². The van der Waals surface area contributed by atoms with Crippen LogP contribution < -0.4 is 5.32 Å². The van der Waals surface area contributed by atoms with Crippen LogP contribution in [0.5, 0.6) is 0 Å². The Morgan fingerprint density at radius 3 is 2.88 bits per heavy atom. The van der Waals surface area contributed by atoms with Crippen molar-refractivity contribution in [1.82, 2.24) is 10.2 Å². The molecule has 3 heteroatoms. The van der Waals surface area contributed by atoms with Crippen molar-refractivity contribution in [3.05, 3.63) is 24.2 Å². The van der Waals surface area contributed by atoms with E-state index in [4.69, 9.17) is 4.42 Å². The molecule has 2 heterocycles. The average molecular weight is 234 g/mol. The quantitative estimate of drug-likeness (QED) is 0.848. The number of hydrogen-bond acceptors (Lipinski definition) is 3. The minimum atomic E-state index is 0.705. The van der Waals surface area contributed by atoms with Crippen LogP contribution in [0.25, 0.3) is 0 Å². The van der Waals surface area contributed by atoms with Crippen molar-refractivity contribution in [3.8, 4) is 0 Å². The number of nitrogens with one attached hydrogen (secondary N) is 1. The van der Waals surface area contributed by atoms with Crippen molar-refractivity contribution >= 4 is 0 Å². The number of piperidine rings is 1. The van der Waals surface area contributed by atoms with Gasteiger partial charge in [0.15, 0.2) is 0 Å². The Bertz CT molecular complexity index is 326. The highest BCUT2D eigenvalue weighted by molar-refractivity contribution is 5.06. The maximum absolute atomic E-state index is 5.16. The van der Waals surface area contributed by atoms with E-state index in [0.29, 0.717) is 6.04 Å². The molecule has 0 amide bonds. The third-order valence-electron chi connectivity index (χ3n) is 3.90. The molecule has 17 heavy (non-hydrogen) atoms. The molecule has 1 unspecified atom stereocenters. The topological polar surface area (TPSA) is 28.4 Å². The van der Waals surface area contributed by atoms with Gasteiger partial charge in [0.25, 0.3) is 0 Å². The van der Waals surface area contributed by atoms with Gasteiger partial charge in [0.05, 0.1) is 12.5 Å². The maximum atomic E-state index is 5.16. The molecule has 1 aliphatic carbocycles. The summed E-state index contributed by atoms with van der Waals surface area (Å²) in [6.07, 6.45) is 10.5. The average Bonchev–Trinajstić information content (AvgIpc) is 3.09. The largest absolute Gasteiger partial charge is 0.472 e. The Kier molecular flexibility index (Phi) is 3.48. The molecule has 0 aromatic carbocycles. The minimum Gasteiger partial charge on any atom is -0.472 e. The predicted octanol–water partition coefficient (Wildman–Crippen LogP) is 2.39. The maximum Gasteiger partial charge on any atom is 0.0947 e. The second-order valence-electron chi connectivity index (χ2n) is 5.44. The van der Waals surface area contributed by atoms with E-state index in [1.165, 1.54) is 50.8 Å². The Balaban J connectivity index is 1.56. The zero-order valence-electron chi connectivity index (χ0n) is 10.4. The van der Waals surface area contributed by atoms with Crippen molar-refractivity contribution in [1.29, 1.82) is 0 Å². The highest BCUT2D eigenvalue weighted by Gasteiger charge is 2.30. The first-order valence-electron chi connectivity index (χ1n) is 6.90.